The van der Waals surface area contributed by atoms with E-state index in [1.165, 1.54) is 22.3 Å². The fraction of sp³-hybridized carbons (Fsp3) is 0.310. The second kappa shape index (κ2) is 11.3. The number of aromatic nitrogens is 4. The highest BCUT2D eigenvalue weighted by Gasteiger charge is 2.22. The second-order valence-electron chi connectivity index (χ2n) is 15.7. The smallest absolute Gasteiger partial charge is 0.104 e. The molecule has 3 aromatic carbocycles. The highest BCUT2D eigenvalue weighted by atomic mass is 14.9. The molecule has 46 heavy (non-hydrogen) atoms. The van der Waals surface area contributed by atoms with Crippen molar-refractivity contribution < 1.29 is 0 Å². The number of fused-ring (bicyclic) bond motifs is 1. The molecule has 0 aliphatic rings. The maximum Gasteiger partial charge on any atom is 0.104 e. The van der Waals surface area contributed by atoms with E-state index in [0.29, 0.717) is 0 Å². The molecule has 1 N–H and O–H groups in total. The molecule has 0 aliphatic carbocycles. The van der Waals surface area contributed by atoms with E-state index in [1.807, 2.05) is 13.1 Å². The summed E-state index contributed by atoms with van der Waals surface area (Å²) in [5.41, 5.74) is 14.2. The summed E-state index contributed by atoms with van der Waals surface area (Å²) in [5, 5.41) is 0. The summed E-state index contributed by atoms with van der Waals surface area (Å²) >= 11 is 0. The number of aryl methyl sites for hydroxylation is 1. The summed E-state index contributed by atoms with van der Waals surface area (Å²) in [6.45, 7) is 22.4. The Bertz CT molecular complexity index is 2010. The third kappa shape index (κ3) is 6.39. The number of imidazole rings is 1. The minimum atomic E-state index is 0.0106. The molecule has 234 valence electrons. The molecule has 4 nitrogen and oxygen atoms in total. The van der Waals surface area contributed by atoms with Crippen LogP contribution in [0.4, 0.5) is 0 Å². The largest absolute Gasteiger partial charge is 0.342 e. The molecule has 6 aromatic rings. The van der Waals surface area contributed by atoms with Crippen molar-refractivity contribution in [2.45, 2.75) is 85.5 Å². The first-order valence-corrected chi connectivity index (χ1v) is 16.3. The number of nitrogens with one attached hydrogen (secondary N) is 1. The van der Waals surface area contributed by atoms with Gasteiger partial charge in [-0.1, -0.05) is 117 Å². The summed E-state index contributed by atoms with van der Waals surface area (Å²) < 4.78 is 0. The Kier molecular flexibility index (Phi) is 7.75. The van der Waals surface area contributed by atoms with E-state index < -0.39 is 0 Å². The van der Waals surface area contributed by atoms with Gasteiger partial charge in [-0.25, -0.2) is 9.97 Å². The first kappa shape index (κ1) is 31.4. The van der Waals surface area contributed by atoms with Crippen LogP contribution in [0.15, 0.2) is 91.1 Å². The fourth-order valence-electron chi connectivity index (χ4n) is 5.85. The van der Waals surface area contributed by atoms with Crippen molar-refractivity contribution in [1.82, 2.24) is 19.9 Å². The van der Waals surface area contributed by atoms with Crippen molar-refractivity contribution in [3.8, 4) is 44.9 Å². The van der Waals surface area contributed by atoms with E-state index >= 15 is 0 Å². The molecule has 3 heterocycles. The van der Waals surface area contributed by atoms with E-state index in [0.717, 1.165) is 56.2 Å². The lowest BCUT2D eigenvalue weighted by molar-refractivity contribution is 0.569. The normalized spacial score (nSPS) is 12.6. The molecule has 0 bridgehead atoms. The van der Waals surface area contributed by atoms with Crippen LogP contribution >= 0.6 is 0 Å². The quantitative estimate of drug-likeness (QED) is 0.217. The van der Waals surface area contributed by atoms with Crippen molar-refractivity contribution >= 4 is 11.0 Å². The van der Waals surface area contributed by atoms with Crippen LogP contribution < -0.4 is 0 Å². The molecule has 0 spiro atoms. The first-order valence-electron chi connectivity index (χ1n) is 16.3. The highest BCUT2D eigenvalue weighted by molar-refractivity contribution is 5.92. The third-order valence-corrected chi connectivity index (χ3v) is 8.81. The van der Waals surface area contributed by atoms with Gasteiger partial charge in [-0.2, -0.15) is 0 Å². The summed E-state index contributed by atoms with van der Waals surface area (Å²) in [6.07, 6.45) is 2.00. The van der Waals surface area contributed by atoms with Crippen LogP contribution in [0, 0.1) is 6.92 Å². The number of aromatic amines is 1. The lowest BCUT2D eigenvalue weighted by Gasteiger charge is -2.26. The molecule has 0 radical (unpaired) electrons. The Morgan fingerprint density at radius 1 is 0.500 bits per heavy atom. The van der Waals surface area contributed by atoms with Gasteiger partial charge in [-0.15, -0.1) is 0 Å². The predicted molar refractivity (Wildman–Crippen MR) is 194 cm³/mol. The lowest BCUT2D eigenvalue weighted by atomic mass is 9.79. The number of pyridine rings is 2. The van der Waals surface area contributed by atoms with Crippen LogP contribution in [-0.4, -0.2) is 19.9 Å². The zero-order valence-electron chi connectivity index (χ0n) is 29.0. The number of rotatable bonds is 4. The number of hydrogen-bond donors (Lipinski definition) is 1. The maximum absolute atomic E-state index is 5.31. The Labute approximate surface area is 274 Å². The predicted octanol–water partition coefficient (Wildman–Crippen LogP) is 11.2. The van der Waals surface area contributed by atoms with Crippen molar-refractivity contribution in [2.75, 3.05) is 0 Å². The Hall–Kier alpha value is -4.57. The molecule has 3 aromatic heterocycles. The monoisotopic (exact) mass is 606 g/mol. The van der Waals surface area contributed by atoms with Gasteiger partial charge in [0.15, 0.2) is 0 Å². The summed E-state index contributed by atoms with van der Waals surface area (Å²) in [7, 11) is 0. The van der Waals surface area contributed by atoms with Gasteiger partial charge in [0.05, 0.1) is 28.1 Å². The van der Waals surface area contributed by atoms with Crippen LogP contribution in [0.3, 0.4) is 0 Å². The number of benzene rings is 3. The highest BCUT2D eigenvalue weighted by Crippen LogP contribution is 2.38. The fourth-order valence-corrected chi connectivity index (χ4v) is 5.85. The summed E-state index contributed by atoms with van der Waals surface area (Å²) in [4.78, 5) is 18.4. The van der Waals surface area contributed by atoms with Crippen LogP contribution in [0.1, 0.15) is 84.8 Å². The SMILES string of the molecule is Cc1nc2c(-c3cc(-c4cc(C(C)(C)C)cc(C(C)(C)C)c4)cc(-c4cccc(-c5ccc(C(C)(C)C)cn5)c4)n3)cccc2[nH]1. The molecule has 0 saturated heterocycles. The lowest BCUT2D eigenvalue weighted by Crippen LogP contribution is -2.16. The zero-order chi connectivity index (χ0) is 33.0. The van der Waals surface area contributed by atoms with E-state index in [9.17, 15) is 0 Å². The van der Waals surface area contributed by atoms with Gasteiger partial charge in [0, 0.05) is 22.9 Å². The van der Waals surface area contributed by atoms with E-state index in [1.54, 1.807) is 0 Å². The molecule has 6 rings (SSSR count). The number of nitrogens with zero attached hydrogens (tertiary/aromatic N) is 3. The summed E-state index contributed by atoms with van der Waals surface area (Å²) in [6, 6.07) is 30.7. The van der Waals surface area contributed by atoms with E-state index in [-0.39, 0.29) is 16.2 Å². The van der Waals surface area contributed by atoms with Crippen LogP contribution in [0.25, 0.3) is 55.9 Å². The molecule has 0 saturated carbocycles. The second-order valence-corrected chi connectivity index (χ2v) is 15.7. The van der Waals surface area contributed by atoms with Gasteiger partial charge in [0.1, 0.15) is 5.82 Å². The number of para-hydroxylation sites is 1. The van der Waals surface area contributed by atoms with E-state index in [4.69, 9.17) is 15.0 Å². The summed E-state index contributed by atoms with van der Waals surface area (Å²) in [5.74, 6) is 0.893. The average Bonchev–Trinajstić information content (AvgIpc) is 3.40. The minimum Gasteiger partial charge on any atom is -0.342 e. The maximum atomic E-state index is 5.31. The van der Waals surface area contributed by atoms with Crippen LogP contribution in [0.2, 0.25) is 0 Å². The van der Waals surface area contributed by atoms with Crippen molar-refractivity contribution in [2.24, 2.45) is 0 Å². The zero-order valence-corrected chi connectivity index (χ0v) is 29.0. The minimum absolute atomic E-state index is 0.0106. The van der Waals surface area contributed by atoms with E-state index in [2.05, 4.69) is 152 Å². The molecule has 0 amide bonds. The Balaban J connectivity index is 1.56. The average molecular weight is 607 g/mol. The van der Waals surface area contributed by atoms with Crippen LogP contribution in [-0.2, 0) is 16.2 Å². The van der Waals surface area contributed by atoms with Gasteiger partial charge in [0.25, 0.3) is 0 Å². The molecule has 0 unspecified atom stereocenters. The number of hydrogen-bond acceptors (Lipinski definition) is 3. The molecule has 4 heteroatoms. The Morgan fingerprint density at radius 3 is 1.70 bits per heavy atom. The molecular weight excluding hydrogens is 560 g/mol. The van der Waals surface area contributed by atoms with Crippen molar-refractivity contribution in [1.29, 1.82) is 0 Å². The topological polar surface area (TPSA) is 54.5 Å². The van der Waals surface area contributed by atoms with Crippen molar-refractivity contribution in [3.05, 3.63) is 114 Å². The third-order valence-electron chi connectivity index (χ3n) is 8.81. The van der Waals surface area contributed by atoms with Gasteiger partial charge in [0.2, 0.25) is 0 Å². The molecule has 0 fully saturated rings. The van der Waals surface area contributed by atoms with Gasteiger partial charge >= 0.3 is 0 Å². The molecule has 0 atom stereocenters. The number of H-pyrrole nitrogens is 1. The first-order chi connectivity index (χ1) is 21.6. The van der Waals surface area contributed by atoms with Crippen molar-refractivity contribution in [3.63, 3.8) is 0 Å². The van der Waals surface area contributed by atoms with Gasteiger partial charge in [-0.05, 0) is 81.3 Å². The standard InChI is InChI=1S/C42H46N4/c1-26-44-36-16-12-15-34(39(36)45-26)38-23-30(29-20-32(41(5,6)7)24-33(21-29)42(8,9)10)22-37(46-38)28-14-11-13-27(19-28)35-18-17-31(25-43-35)40(2,3)4/h11-25H,1-10H3,(H,44,45). The Morgan fingerprint density at radius 2 is 1.09 bits per heavy atom. The van der Waals surface area contributed by atoms with Crippen LogP contribution in [0.5, 0.6) is 0 Å². The molecule has 0 aliphatic heterocycles. The molecular formula is C42H46N4. The van der Waals surface area contributed by atoms with Gasteiger partial charge in [-0.3, -0.25) is 4.98 Å². The van der Waals surface area contributed by atoms with Gasteiger partial charge < -0.3 is 4.98 Å².